The molecule has 18 atom stereocenters. The van der Waals surface area contributed by atoms with Crippen LogP contribution in [0.25, 0.3) is 0 Å². The molecule has 2 aliphatic heterocycles. The van der Waals surface area contributed by atoms with Crippen LogP contribution in [-0.4, -0.2) is 90.8 Å². The predicted octanol–water partition coefficient (Wildman–Crippen LogP) is 10.5. The van der Waals surface area contributed by atoms with Crippen molar-refractivity contribution in [1.29, 1.82) is 0 Å². The Bertz CT molecular complexity index is 3130. The van der Waals surface area contributed by atoms with Crippen LogP contribution in [0.15, 0.2) is 132 Å². The van der Waals surface area contributed by atoms with Gasteiger partial charge in [0.2, 0.25) is 0 Å². The van der Waals surface area contributed by atoms with Crippen LogP contribution in [0.5, 0.6) is 11.5 Å². The van der Waals surface area contributed by atoms with Gasteiger partial charge >= 0.3 is 0 Å². The van der Waals surface area contributed by atoms with Crippen LogP contribution in [0.4, 0.5) is 0 Å². The first kappa shape index (κ1) is 55.4. The van der Waals surface area contributed by atoms with Crippen molar-refractivity contribution in [2.75, 3.05) is 24.7 Å². The molecule has 3 aromatic carbocycles. The number of benzene rings is 3. The number of ether oxygens (including phenoxy) is 1. The van der Waals surface area contributed by atoms with E-state index < -0.39 is 53.7 Å². The molecule has 9 aliphatic rings. The van der Waals surface area contributed by atoms with Crippen LogP contribution < -0.4 is 15.8 Å². The fourth-order valence-electron chi connectivity index (χ4n) is 18.1. The Morgan fingerprint density at radius 2 is 1.69 bits per heavy atom. The molecule has 18 unspecified atom stereocenters. The van der Waals surface area contributed by atoms with Crippen LogP contribution in [0.3, 0.4) is 0 Å². The molecular weight excluding hydrogens is 1050 g/mol. The number of fused-ring (bicyclic) bond motifs is 6. The number of hydrogen-bond acceptors (Lipinski definition) is 11. The van der Waals surface area contributed by atoms with Gasteiger partial charge in [-0.1, -0.05) is 131 Å². The third-order valence-corrected chi connectivity index (χ3v) is 24.3. The molecular formula is C69H83N3O7S2. The maximum absolute atomic E-state index is 12.9. The first-order valence-electron chi connectivity index (χ1n) is 30.7. The van der Waals surface area contributed by atoms with Gasteiger partial charge in [0.15, 0.2) is 11.5 Å². The highest BCUT2D eigenvalue weighted by molar-refractivity contribution is 8.76. The van der Waals surface area contributed by atoms with Gasteiger partial charge in [0.1, 0.15) is 11.9 Å². The normalized spacial score (nSPS) is 38.1. The van der Waals surface area contributed by atoms with Crippen molar-refractivity contribution in [3.63, 3.8) is 0 Å². The summed E-state index contributed by atoms with van der Waals surface area (Å²) < 4.78 is 7.03. The minimum absolute atomic E-state index is 0.00302. The van der Waals surface area contributed by atoms with E-state index in [1.54, 1.807) is 21.6 Å². The molecule has 81 heavy (non-hydrogen) atoms. The number of rotatable bonds is 7. The van der Waals surface area contributed by atoms with Gasteiger partial charge in [-0.25, -0.2) is 0 Å². The number of nitrogens with two attached hydrogens (primary N) is 1. The van der Waals surface area contributed by atoms with E-state index in [9.17, 15) is 30.6 Å². The van der Waals surface area contributed by atoms with Crippen LogP contribution in [0, 0.1) is 75.9 Å². The Labute approximate surface area is 487 Å². The molecule has 10 nitrogen and oxygen atoms in total. The molecule has 13 rings (SSSR count). The average Bonchev–Trinajstić information content (AvgIpc) is 2.06. The minimum Gasteiger partial charge on any atom is -0.504 e. The molecule has 7 aliphatic carbocycles. The number of aromatic nitrogens is 1. The zero-order valence-electron chi connectivity index (χ0n) is 46.8. The van der Waals surface area contributed by atoms with Crippen molar-refractivity contribution in [1.82, 2.24) is 10.3 Å². The maximum atomic E-state index is 12.9. The highest BCUT2D eigenvalue weighted by Gasteiger charge is 2.69. The predicted molar refractivity (Wildman–Crippen MR) is 323 cm³/mol. The lowest BCUT2D eigenvalue weighted by atomic mass is 9.35. The van der Waals surface area contributed by atoms with Crippen molar-refractivity contribution >= 4 is 21.6 Å². The van der Waals surface area contributed by atoms with E-state index in [0.717, 1.165) is 85.8 Å². The van der Waals surface area contributed by atoms with Crippen LogP contribution >= 0.6 is 21.6 Å². The number of hydrogen-bond donors (Lipinski definition) is 9. The lowest BCUT2D eigenvalue weighted by Crippen LogP contribution is -2.66. The maximum Gasteiger partial charge on any atom is 0.161 e. The Hall–Kier alpha value is -4.84. The third kappa shape index (κ3) is 9.94. The van der Waals surface area contributed by atoms with Gasteiger partial charge in [-0.3, -0.25) is 0 Å². The number of phenols is 1. The molecule has 2 saturated carbocycles. The summed E-state index contributed by atoms with van der Waals surface area (Å²) in [7, 11) is 3.28. The number of aryl methyl sites for hydroxylation is 1. The molecule has 12 heteroatoms. The lowest BCUT2D eigenvalue weighted by molar-refractivity contribution is -0.174. The Morgan fingerprint density at radius 1 is 0.852 bits per heavy atom. The Kier molecular flexibility index (Phi) is 15.7. The number of nitrogens with one attached hydrogen (secondary N) is 2. The summed E-state index contributed by atoms with van der Waals surface area (Å²) in [5, 5.41) is 76.9. The standard InChI is InChI=1S/C69H83N3O7S2/c1-2-40-28-45-32-60(76)62(79-63-33-46(29-50-15-9-26-71-50)51-23-27-72-67(70)56(51)39-81-80-38-47(37-73)65(63)78)35-53(45)54-34-61(77)64-44(30-52(40)54)21-24-68-36-55(42-11-4-3-5-12-42)57-31-43-13-7-6-10-41(43)17-18-49-19-20-59(75)66(68)69(49,57)25-22-48(68)14-8-16-58(64)74/h3-7,9-13,15,22-23,25-26,30,32,35,40,44,46-49,54-55,57-59,61,63-66,71-78H,2,8,14,16-20,27-29,31,33-34,36-39,70H2,1H3. The number of phenolic OH excluding ortho intramolecular Hbond substituents is 1. The van der Waals surface area contributed by atoms with Crippen LogP contribution in [0.1, 0.15) is 116 Å². The summed E-state index contributed by atoms with van der Waals surface area (Å²) in [4.78, 5) is 3.39. The zero-order chi connectivity index (χ0) is 55.6. The lowest BCUT2D eigenvalue weighted by Gasteiger charge is -2.68. The van der Waals surface area contributed by atoms with E-state index in [1.165, 1.54) is 22.3 Å². The number of aliphatic hydroxyl groups excluding tert-OH is 5. The van der Waals surface area contributed by atoms with E-state index in [4.69, 9.17) is 10.5 Å². The summed E-state index contributed by atoms with van der Waals surface area (Å²) in [6.07, 6.45) is 18.5. The number of dihydropyridines is 1. The van der Waals surface area contributed by atoms with Gasteiger partial charge in [0, 0.05) is 82.5 Å². The van der Waals surface area contributed by atoms with Gasteiger partial charge in [0.05, 0.1) is 24.4 Å². The number of aliphatic hydroxyl groups is 5. The van der Waals surface area contributed by atoms with Crippen molar-refractivity contribution in [2.24, 2.45) is 69.8 Å². The summed E-state index contributed by atoms with van der Waals surface area (Å²) in [5.74, 6) is 9.55. The second-order valence-corrected chi connectivity index (χ2v) is 28.3. The molecule has 0 radical (unpaired) electrons. The van der Waals surface area contributed by atoms with E-state index in [0.29, 0.717) is 61.9 Å². The summed E-state index contributed by atoms with van der Waals surface area (Å²) in [5.41, 5.74) is 16.6. The second-order valence-electron chi connectivity index (χ2n) is 25.8. The average molecular weight is 1130 g/mol. The zero-order valence-corrected chi connectivity index (χ0v) is 48.5. The van der Waals surface area contributed by atoms with E-state index in [2.05, 4.69) is 114 Å². The molecule has 4 aromatic rings. The molecule has 3 fully saturated rings. The van der Waals surface area contributed by atoms with Gasteiger partial charge < -0.3 is 51.4 Å². The molecule has 428 valence electrons. The first-order valence-corrected chi connectivity index (χ1v) is 33.2. The van der Waals surface area contributed by atoms with E-state index in [1.807, 2.05) is 24.4 Å². The monoisotopic (exact) mass is 1130 g/mol. The minimum atomic E-state index is -1.06. The third-order valence-electron chi connectivity index (χ3n) is 21.9. The smallest absolute Gasteiger partial charge is 0.161 e. The van der Waals surface area contributed by atoms with Crippen LogP contribution in [0.2, 0.25) is 0 Å². The number of allylic oxidation sites excluding steroid dienone is 5. The summed E-state index contributed by atoms with van der Waals surface area (Å²) in [6, 6.07) is 28.2. The quantitative estimate of drug-likeness (QED) is 0.0488. The van der Waals surface area contributed by atoms with E-state index in [-0.39, 0.29) is 64.9 Å². The molecule has 0 amide bonds. The molecule has 2 bridgehead atoms. The molecule has 3 heterocycles. The number of H-pyrrole nitrogens is 1. The molecule has 10 N–H and O–H groups in total. The van der Waals surface area contributed by atoms with Crippen molar-refractivity contribution in [3.8, 4) is 23.3 Å². The van der Waals surface area contributed by atoms with Crippen LogP contribution in [-0.2, 0) is 25.7 Å². The van der Waals surface area contributed by atoms with Crippen molar-refractivity contribution in [3.05, 3.63) is 165 Å². The fraction of sp³-hybridized carbons (Fsp3) is 0.536. The van der Waals surface area contributed by atoms with Gasteiger partial charge in [-0.15, -0.1) is 0 Å². The highest BCUT2D eigenvalue weighted by atomic mass is 33.1. The SMILES string of the molecule is CCC1Cc2cc(O)c(OC3CC(Cc4ccc[nH]4)C4=CCNC(N)=C4CSSCC(CO)C3O)cc2C2CC(O)C3C(C#CC45CC(c6ccccc6)C6Cc7ccccc7CCC7CCC(O)C4C76C=CC5CCCC3O)C=C12. The highest BCUT2D eigenvalue weighted by Crippen LogP contribution is 2.72. The second kappa shape index (κ2) is 23.0. The van der Waals surface area contributed by atoms with Gasteiger partial charge in [-0.05, 0) is 177 Å². The summed E-state index contributed by atoms with van der Waals surface area (Å²) >= 11 is 0. The Morgan fingerprint density at radius 3 is 2.51 bits per heavy atom. The largest absolute Gasteiger partial charge is 0.504 e. The van der Waals surface area contributed by atoms with Gasteiger partial charge in [0.25, 0.3) is 0 Å². The van der Waals surface area contributed by atoms with E-state index >= 15 is 0 Å². The number of aromatic hydroxyl groups is 1. The molecule has 1 saturated heterocycles. The van der Waals surface area contributed by atoms with Crippen molar-refractivity contribution in [2.45, 2.75) is 139 Å². The first-order chi connectivity index (χ1) is 39.5. The van der Waals surface area contributed by atoms with Crippen molar-refractivity contribution < 1.29 is 35.4 Å². The van der Waals surface area contributed by atoms with Gasteiger partial charge in [-0.2, -0.15) is 0 Å². The summed E-state index contributed by atoms with van der Waals surface area (Å²) in [6.45, 7) is 2.58. The fourth-order valence-corrected chi connectivity index (χ4v) is 20.6. The molecule has 2 spiro atoms. The number of aromatic amines is 1. The Balaban J connectivity index is 0.900. The topological polar surface area (TPSA) is 184 Å². The molecule has 1 aromatic heterocycles.